The first kappa shape index (κ1) is 18.6. The van der Waals surface area contributed by atoms with Crippen LogP contribution in [-0.2, 0) is 16.1 Å². The fourth-order valence-corrected chi connectivity index (χ4v) is 1.95. The van der Waals surface area contributed by atoms with Crippen LogP contribution < -0.4 is 15.4 Å². The highest BCUT2D eigenvalue weighted by Gasteiger charge is 2.20. The summed E-state index contributed by atoms with van der Waals surface area (Å²) in [6.07, 6.45) is -2.51. The molecule has 0 aliphatic carbocycles. The Morgan fingerprint density at radius 2 is 2.32 bits per heavy atom. The first-order valence-corrected chi connectivity index (χ1v) is 6.74. The minimum absolute atomic E-state index is 0. The third-order valence-electron chi connectivity index (χ3n) is 2.98. The molecule has 22 heavy (non-hydrogen) atoms. The smallest absolute Gasteiger partial charge is 0.272 e. The van der Waals surface area contributed by atoms with Crippen molar-refractivity contribution < 1.29 is 23.0 Å². The summed E-state index contributed by atoms with van der Waals surface area (Å²) in [4.78, 5) is 11.9. The van der Waals surface area contributed by atoms with Gasteiger partial charge in [0.1, 0.15) is 18.4 Å². The summed E-state index contributed by atoms with van der Waals surface area (Å²) in [7, 11) is 0. The number of hydrogen-bond donors (Lipinski definition) is 2. The number of alkyl halides is 2. The van der Waals surface area contributed by atoms with Crippen molar-refractivity contribution in [3.05, 3.63) is 29.8 Å². The van der Waals surface area contributed by atoms with Gasteiger partial charge in [0.2, 0.25) is 5.91 Å². The number of amides is 1. The maximum absolute atomic E-state index is 12.1. The van der Waals surface area contributed by atoms with Crippen LogP contribution in [0.3, 0.4) is 0 Å². The van der Waals surface area contributed by atoms with Crippen LogP contribution in [0.15, 0.2) is 24.3 Å². The van der Waals surface area contributed by atoms with Gasteiger partial charge in [-0.1, -0.05) is 12.1 Å². The molecule has 0 bridgehead atoms. The van der Waals surface area contributed by atoms with Crippen molar-refractivity contribution in [2.45, 2.75) is 19.0 Å². The van der Waals surface area contributed by atoms with Crippen LogP contribution in [0.5, 0.6) is 5.75 Å². The van der Waals surface area contributed by atoms with Gasteiger partial charge >= 0.3 is 0 Å². The minimum Gasteiger partial charge on any atom is -0.488 e. The number of rotatable bonds is 6. The summed E-state index contributed by atoms with van der Waals surface area (Å²) in [5.74, 6) is 0.217. The molecule has 1 aliphatic heterocycles. The lowest BCUT2D eigenvalue weighted by Gasteiger charge is -2.22. The number of nitrogens with one attached hydrogen (secondary N) is 2. The summed E-state index contributed by atoms with van der Waals surface area (Å²) in [5.41, 5.74) is 0.784. The van der Waals surface area contributed by atoms with Gasteiger partial charge in [-0.2, -0.15) is 0 Å². The highest BCUT2D eigenvalue weighted by atomic mass is 35.5. The third-order valence-corrected chi connectivity index (χ3v) is 2.98. The van der Waals surface area contributed by atoms with Gasteiger partial charge in [-0.3, -0.25) is 4.79 Å². The molecule has 1 aliphatic rings. The van der Waals surface area contributed by atoms with Gasteiger partial charge in [0.15, 0.2) is 0 Å². The summed E-state index contributed by atoms with van der Waals surface area (Å²) in [6.45, 7) is 1.27. The van der Waals surface area contributed by atoms with Gasteiger partial charge in [-0.05, 0) is 17.7 Å². The number of benzene rings is 1. The van der Waals surface area contributed by atoms with E-state index in [0.717, 1.165) is 5.56 Å². The Bertz CT molecular complexity index is 471. The molecule has 124 valence electrons. The number of hydrogen-bond acceptors (Lipinski definition) is 4. The summed E-state index contributed by atoms with van der Waals surface area (Å²) >= 11 is 0. The first-order valence-electron chi connectivity index (χ1n) is 6.74. The van der Waals surface area contributed by atoms with Crippen LogP contribution in [0.1, 0.15) is 5.56 Å². The Morgan fingerprint density at radius 3 is 3.00 bits per heavy atom. The lowest BCUT2D eigenvalue weighted by molar-refractivity contribution is -0.126. The fraction of sp³-hybridized carbons (Fsp3) is 0.500. The van der Waals surface area contributed by atoms with E-state index in [-0.39, 0.29) is 24.4 Å². The molecule has 2 N–H and O–H groups in total. The molecule has 0 radical (unpaired) electrons. The zero-order chi connectivity index (χ0) is 15.1. The van der Waals surface area contributed by atoms with Gasteiger partial charge < -0.3 is 20.1 Å². The Labute approximate surface area is 133 Å². The van der Waals surface area contributed by atoms with Crippen molar-refractivity contribution in [2.24, 2.45) is 0 Å². The van der Waals surface area contributed by atoms with Crippen LogP contribution in [-0.4, -0.2) is 44.7 Å². The third kappa shape index (κ3) is 6.13. The minimum atomic E-state index is -2.51. The van der Waals surface area contributed by atoms with Gasteiger partial charge in [0.25, 0.3) is 6.43 Å². The summed E-state index contributed by atoms with van der Waals surface area (Å²) < 4.78 is 34.3. The molecule has 1 atom stereocenters. The largest absolute Gasteiger partial charge is 0.488 e. The van der Waals surface area contributed by atoms with E-state index in [1.807, 2.05) is 0 Å². The van der Waals surface area contributed by atoms with E-state index in [2.05, 4.69) is 10.6 Å². The van der Waals surface area contributed by atoms with E-state index < -0.39 is 13.0 Å². The number of carbonyl (C=O) groups is 1. The van der Waals surface area contributed by atoms with Crippen molar-refractivity contribution in [3.8, 4) is 5.75 Å². The maximum atomic E-state index is 12.1. The van der Waals surface area contributed by atoms with Crippen LogP contribution in [0.2, 0.25) is 0 Å². The van der Waals surface area contributed by atoms with E-state index in [1.165, 1.54) is 0 Å². The van der Waals surface area contributed by atoms with Crippen LogP contribution >= 0.6 is 12.4 Å². The predicted molar refractivity (Wildman–Crippen MR) is 79.6 cm³/mol. The lowest BCUT2D eigenvalue weighted by atomic mass is 10.2. The topological polar surface area (TPSA) is 59.6 Å². The van der Waals surface area contributed by atoms with E-state index >= 15 is 0 Å². The van der Waals surface area contributed by atoms with Crippen LogP contribution in [0.4, 0.5) is 8.78 Å². The standard InChI is InChI=1S/C14H18F2N2O3.ClH/c15-13(16)9-21-11-3-1-2-10(6-11)7-18-14(19)12-8-20-5-4-17-12;/h1-3,6,12-13,17H,4-5,7-9H2,(H,18,19);1H. The van der Waals surface area contributed by atoms with Crippen LogP contribution in [0.25, 0.3) is 0 Å². The van der Waals surface area contributed by atoms with Crippen molar-refractivity contribution in [1.82, 2.24) is 10.6 Å². The van der Waals surface area contributed by atoms with E-state index in [4.69, 9.17) is 9.47 Å². The molecule has 0 aromatic heterocycles. The predicted octanol–water partition coefficient (Wildman–Crippen LogP) is 1.36. The molecule has 1 fully saturated rings. The second kappa shape index (κ2) is 9.55. The lowest BCUT2D eigenvalue weighted by Crippen LogP contribution is -2.51. The SMILES string of the molecule is Cl.O=C(NCc1cccc(OCC(F)F)c1)C1COCCN1. The molecule has 8 heteroatoms. The molecule has 1 heterocycles. The molecule has 1 saturated heterocycles. The van der Waals surface area contributed by atoms with E-state index in [0.29, 0.717) is 32.1 Å². The molecule has 2 rings (SSSR count). The summed E-state index contributed by atoms with van der Waals surface area (Å²) in [6, 6.07) is 6.37. The normalized spacial score (nSPS) is 17.7. The average Bonchev–Trinajstić information content (AvgIpc) is 2.52. The van der Waals surface area contributed by atoms with Crippen LogP contribution in [0, 0.1) is 0 Å². The molecule has 1 amide bonds. The highest BCUT2D eigenvalue weighted by molar-refractivity contribution is 5.85. The monoisotopic (exact) mass is 336 g/mol. The van der Waals surface area contributed by atoms with E-state index in [1.54, 1.807) is 24.3 Å². The molecule has 1 aromatic carbocycles. The molecular formula is C14H19ClF2N2O3. The van der Waals surface area contributed by atoms with Crippen molar-refractivity contribution >= 4 is 18.3 Å². The molecule has 1 unspecified atom stereocenters. The van der Waals surface area contributed by atoms with Gasteiger partial charge in [0.05, 0.1) is 13.2 Å². The molecule has 0 spiro atoms. The number of ether oxygens (including phenoxy) is 2. The molecule has 5 nitrogen and oxygen atoms in total. The maximum Gasteiger partial charge on any atom is 0.272 e. The molecule has 1 aromatic rings. The Morgan fingerprint density at radius 1 is 1.50 bits per heavy atom. The second-order valence-corrected chi connectivity index (χ2v) is 4.65. The van der Waals surface area contributed by atoms with Gasteiger partial charge in [-0.15, -0.1) is 12.4 Å². The Balaban J connectivity index is 0.00000242. The quantitative estimate of drug-likeness (QED) is 0.823. The van der Waals surface area contributed by atoms with Gasteiger partial charge in [0, 0.05) is 13.1 Å². The molecule has 0 saturated carbocycles. The second-order valence-electron chi connectivity index (χ2n) is 4.65. The number of halogens is 3. The van der Waals surface area contributed by atoms with Crippen molar-refractivity contribution in [2.75, 3.05) is 26.4 Å². The summed E-state index contributed by atoms with van der Waals surface area (Å²) in [5, 5.41) is 5.83. The van der Waals surface area contributed by atoms with E-state index in [9.17, 15) is 13.6 Å². The average molecular weight is 337 g/mol. The van der Waals surface area contributed by atoms with Crippen molar-refractivity contribution in [1.29, 1.82) is 0 Å². The zero-order valence-corrected chi connectivity index (χ0v) is 12.7. The molecular weight excluding hydrogens is 318 g/mol. The Hall–Kier alpha value is -1.44. The highest BCUT2D eigenvalue weighted by Crippen LogP contribution is 2.14. The first-order chi connectivity index (χ1) is 10.1. The number of carbonyl (C=O) groups excluding carboxylic acids is 1. The fourth-order valence-electron chi connectivity index (χ4n) is 1.95. The van der Waals surface area contributed by atoms with Crippen molar-refractivity contribution in [3.63, 3.8) is 0 Å². The Kier molecular flexibility index (Phi) is 8.08. The zero-order valence-electron chi connectivity index (χ0n) is 11.9. The van der Waals surface area contributed by atoms with Gasteiger partial charge in [-0.25, -0.2) is 8.78 Å². The number of morpholine rings is 1.